The van der Waals surface area contributed by atoms with Crippen molar-refractivity contribution in [3.8, 4) is 0 Å². The normalized spacial score (nSPS) is 58.4. The number of aliphatic hydroxyl groups excluding tert-OH is 3. The lowest BCUT2D eigenvalue weighted by Crippen LogP contribution is -2.61. The number of hydrogen-bond donors (Lipinski definition) is 3. The van der Waals surface area contributed by atoms with Crippen LogP contribution >= 0.6 is 0 Å². The SMILES string of the molecule is CC[C@H]1C(=O)C[C@H]2[C@@H]3CCC4[C@@H](O)[C@@H](O)[C@@H](O)C[C@]4(C)[C@H]3CC[C@]12C. The summed E-state index contributed by atoms with van der Waals surface area (Å²) in [6.45, 7) is 6.72. The van der Waals surface area contributed by atoms with Crippen LogP contribution in [0.1, 0.15) is 65.7 Å². The lowest BCUT2D eigenvalue weighted by atomic mass is 9.44. The van der Waals surface area contributed by atoms with Crippen LogP contribution in [0.3, 0.4) is 0 Å². The molecule has 4 heteroatoms. The lowest BCUT2D eigenvalue weighted by molar-refractivity contribution is -0.207. The minimum Gasteiger partial charge on any atom is -0.390 e. The van der Waals surface area contributed by atoms with Crippen LogP contribution in [0.25, 0.3) is 0 Å². The molecule has 0 amide bonds. The molecule has 0 aromatic heterocycles. The van der Waals surface area contributed by atoms with Gasteiger partial charge < -0.3 is 15.3 Å². The van der Waals surface area contributed by atoms with Gasteiger partial charge in [0.1, 0.15) is 11.9 Å². The topological polar surface area (TPSA) is 77.8 Å². The van der Waals surface area contributed by atoms with Crippen LogP contribution in [0, 0.1) is 40.4 Å². The van der Waals surface area contributed by atoms with Gasteiger partial charge in [-0.2, -0.15) is 0 Å². The molecule has 0 aromatic rings. The predicted molar refractivity (Wildman–Crippen MR) is 94.7 cm³/mol. The first-order chi connectivity index (χ1) is 11.7. The molecule has 142 valence electrons. The fourth-order valence-electron chi connectivity index (χ4n) is 7.97. The molecule has 4 aliphatic carbocycles. The quantitative estimate of drug-likeness (QED) is 0.679. The number of ketones is 1. The molecule has 0 aromatic carbocycles. The van der Waals surface area contributed by atoms with E-state index in [1.165, 1.54) is 0 Å². The number of aliphatic hydroxyl groups is 3. The average Bonchev–Trinajstić information content (AvgIpc) is 2.82. The number of hydrogen-bond acceptors (Lipinski definition) is 4. The van der Waals surface area contributed by atoms with Gasteiger partial charge in [-0.1, -0.05) is 20.8 Å². The first-order valence-electron chi connectivity index (χ1n) is 10.3. The van der Waals surface area contributed by atoms with Crippen molar-refractivity contribution in [3.63, 3.8) is 0 Å². The van der Waals surface area contributed by atoms with E-state index < -0.39 is 18.3 Å². The minimum atomic E-state index is -1.01. The van der Waals surface area contributed by atoms with Crippen molar-refractivity contribution in [2.75, 3.05) is 0 Å². The van der Waals surface area contributed by atoms with E-state index in [2.05, 4.69) is 20.8 Å². The second kappa shape index (κ2) is 5.77. The van der Waals surface area contributed by atoms with Crippen molar-refractivity contribution < 1.29 is 20.1 Å². The zero-order valence-corrected chi connectivity index (χ0v) is 15.8. The van der Waals surface area contributed by atoms with Crippen molar-refractivity contribution in [1.82, 2.24) is 0 Å². The van der Waals surface area contributed by atoms with Crippen LogP contribution in [0.15, 0.2) is 0 Å². The third-order valence-corrected chi connectivity index (χ3v) is 9.20. The molecule has 4 nitrogen and oxygen atoms in total. The summed E-state index contributed by atoms with van der Waals surface area (Å²) in [6, 6.07) is 0. The van der Waals surface area contributed by atoms with E-state index in [-0.39, 0.29) is 22.7 Å². The van der Waals surface area contributed by atoms with Gasteiger partial charge in [0.2, 0.25) is 0 Å². The molecule has 0 aliphatic heterocycles. The Bertz CT molecular complexity index is 562. The maximum Gasteiger partial charge on any atom is 0.136 e. The first-order valence-corrected chi connectivity index (χ1v) is 10.3. The number of rotatable bonds is 1. The highest BCUT2D eigenvalue weighted by Crippen LogP contribution is 2.67. The molecule has 0 heterocycles. The second-order valence-corrected chi connectivity index (χ2v) is 9.99. The van der Waals surface area contributed by atoms with Gasteiger partial charge in [-0.25, -0.2) is 0 Å². The summed E-state index contributed by atoms with van der Waals surface area (Å²) in [4.78, 5) is 12.6. The van der Waals surface area contributed by atoms with E-state index in [4.69, 9.17) is 0 Å². The zero-order valence-electron chi connectivity index (χ0n) is 15.8. The molecule has 4 rings (SSSR count). The molecule has 0 saturated heterocycles. The van der Waals surface area contributed by atoms with Crippen LogP contribution in [-0.4, -0.2) is 39.4 Å². The summed E-state index contributed by atoms with van der Waals surface area (Å²) < 4.78 is 0. The summed E-state index contributed by atoms with van der Waals surface area (Å²) >= 11 is 0. The van der Waals surface area contributed by atoms with Gasteiger partial charge in [-0.15, -0.1) is 0 Å². The summed E-state index contributed by atoms with van der Waals surface area (Å²) in [6.07, 6.45) is 3.71. The van der Waals surface area contributed by atoms with Crippen molar-refractivity contribution in [2.45, 2.75) is 84.0 Å². The highest BCUT2D eigenvalue weighted by atomic mass is 16.4. The Morgan fingerprint density at radius 1 is 0.960 bits per heavy atom. The van der Waals surface area contributed by atoms with Gasteiger partial charge in [0.15, 0.2) is 0 Å². The Morgan fingerprint density at radius 2 is 1.68 bits per heavy atom. The minimum absolute atomic E-state index is 0.0654. The van der Waals surface area contributed by atoms with Gasteiger partial charge >= 0.3 is 0 Å². The largest absolute Gasteiger partial charge is 0.390 e. The van der Waals surface area contributed by atoms with Crippen molar-refractivity contribution >= 4 is 5.78 Å². The molecule has 25 heavy (non-hydrogen) atoms. The third kappa shape index (κ3) is 2.26. The van der Waals surface area contributed by atoms with E-state index >= 15 is 0 Å². The Kier molecular flexibility index (Phi) is 4.14. The van der Waals surface area contributed by atoms with Crippen LogP contribution in [0.4, 0.5) is 0 Å². The fourth-order valence-corrected chi connectivity index (χ4v) is 7.97. The van der Waals surface area contributed by atoms with Crippen LogP contribution in [0.2, 0.25) is 0 Å². The third-order valence-electron chi connectivity index (χ3n) is 9.20. The summed E-state index contributed by atoms with van der Waals surface area (Å²) in [5.74, 6) is 2.17. The van der Waals surface area contributed by atoms with Crippen molar-refractivity contribution in [2.24, 2.45) is 40.4 Å². The van der Waals surface area contributed by atoms with E-state index in [0.29, 0.717) is 30.0 Å². The van der Waals surface area contributed by atoms with E-state index in [1.54, 1.807) is 0 Å². The van der Waals surface area contributed by atoms with Crippen LogP contribution in [0.5, 0.6) is 0 Å². The standard InChI is InChI=1S/C21H34O4/c1-4-12-16(22)9-15-11-5-6-14-18(24)19(25)17(23)10-21(14,3)13(11)7-8-20(12,15)2/h11-15,17-19,23-25H,4-10H2,1-3H3/t11-,12+,13+,14?,15+,17+,18-,19+,20-,21-/m1/s1. The molecule has 4 fully saturated rings. The Balaban J connectivity index is 1.66. The van der Waals surface area contributed by atoms with Crippen molar-refractivity contribution in [1.29, 1.82) is 0 Å². The molecule has 4 aliphatic rings. The number of carbonyl (C=O) groups is 1. The predicted octanol–water partition coefficient (Wildman–Crippen LogP) is 2.54. The number of carbonyl (C=O) groups excluding carboxylic acids is 1. The molecule has 3 N–H and O–H groups in total. The van der Waals surface area contributed by atoms with E-state index in [9.17, 15) is 20.1 Å². The van der Waals surface area contributed by atoms with Crippen LogP contribution in [-0.2, 0) is 4.79 Å². The van der Waals surface area contributed by atoms with Gasteiger partial charge in [0.25, 0.3) is 0 Å². The van der Waals surface area contributed by atoms with Gasteiger partial charge in [-0.05, 0) is 73.0 Å². The maximum absolute atomic E-state index is 12.6. The average molecular weight is 350 g/mol. The Hall–Kier alpha value is -0.450. The van der Waals surface area contributed by atoms with E-state index in [1.807, 2.05) is 0 Å². The molecular formula is C21H34O4. The Morgan fingerprint density at radius 3 is 2.36 bits per heavy atom. The highest BCUT2D eigenvalue weighted by Gasteiger charge is 2.63. The summed E-state index contributed by atoms with van der Waals surface area (Å²) in [5, 5.41) is 31.1. The fraction of sp³-hybridized carbons (Fsp3) is 0.952. The number of fused-ring (bicyclic) bond motifs is 5. The Labute approximate surface area is 151 Å². The maximum atomic E-state index is 12.6. The van der Waals surface area contributed by atoms with Gasteiger partial charge in [0.05, 0.1) is 12.2 Å². The molecule has 1 unspecified atom stereocenters. The van der Waals surface area contributed by atoms with E-state index in [0.717, 1.165) is 38.5 Å². The van der Waals surface area contributed by atoms with Crippen molar-refractivity contribution in [3.05, 3.63) is 0 Å². The molecule has 0 radical (unpaired) electrons. The summed E-state index contributed by atoms with van der Waals surface area (Å²) in [7, 11) is 0. The second-order valence-electron chi connectivity index (χ2n) is 9.99. The molecule has 10 atom stereocenters. The molecule has 4 saturated carbocycles. The summed E-state index contributed by atoms with van der Waals surface area (Å²) in [5.41, 5.74) is 0.0112. The highest BCUT2D eigenvalue weighted by molar-refractivity contribution is 5.84. The van der Waals surface area contributed by atoms with Gasteiger partial charge in [0, 0.05) is 12.3 Å². The monoisotopic (exact) mass is 350 g/mol. The molecule has 0 bridgehead atoms. The first kappa shape index (κ1) is 17.9. The number of Topliss-reactive ketones (excluding diaryl/α,β-unsaturated/α-hetero) is 1. The van der Waals surface area contributed by atoms with Crippen LogP contribution < -0.4 is 0 Å². The molecular weight excluding hydrogens is 316 g/mol. The zero-order chi connectivity index (χ0) is 18.1. The lowest BCUT2D eigenvalue weighted by Gasteiger charge is -2.62. The van der Waals surface area contributed by atoms with Gasteiger partial charge in [-0.3, -0.25) is 4.79 Å². The molecule has 0 spiro atoms. The smallest absolute Gasteiger partial charge is 0.136 e.